The third-order valence-corrected chi connectivity index (χ3v) is 4.16. The van der Waals surface area contributed by atoms with Crippen LogP contribution in [0.4, 0.5) is 0 Å². The van der Waals surface area contributed by atoms with E-state index in [2.05, 4.69) is 47.7 Å². The molecule has 0 unspecified atom stereocenters. The van der Waals surface area contributed by atoms with Gasteiger partial charge >= 0.3 is 0 Å². The summed E-state index contributed by atoms with van der Waals surface area (Å²) in [5.41, 5.74) is 4.92. The number of hydrogen-bond acceptors (Lipinski definition) is 3. The fraction of sp³-hybridized carbons (Fsp3) is 0.381. The third-order valence-electron chi connectivity index (χ3n) is 4.16. The first-order valence-corrected chi connectivity index (χ1v) is 8.87. The Kier molecular flexibility index (Phi) is 7.33. The first kappa shape index (κ1) is 19.6. The van der Waals surface area contributed by atoms with E-state index in [9.17, 15) is 0 Å². The van der Waals surface area contributed by atoms with Crippen molar-refractivity contribution in [3.05, 3.63) is 58.7 Å². The zero-order valence-corrected chi connectivity index (χ0v) is 16.3. The van der Waals surface area contributed by atoms with Crippen molar-refractivity contribution < 1.29 is 9.47 Å². The Labute approximate surface area is 156 Å². The summed E-state index contributed by atoms with van der Waals surface area (Å²) in [5.74, 6) is 2.26. The Morgan fingerprint density at radius 1 is 1.00 bits per heavy atom. The topological polar surface area (TPSA) is 54.9 Å². The van der Waals surface area contributed by atoms with Crippen molar-refractivity contribution in [1.82, 2.24) is 10.6 Å². The molecule has 2 aromatic rings. The van der Waals surface area contributed by atoms with Crippen LogP contribution >= 0.6 is 0 Å². The van der Waals surface area contributed by atoms with Gasteiger partial charge in [-0.2, -0.15) is 0 Å². The van der Waals surface area contributed by atoms with E-state index in [4.69, 9.17) is 9.47 Å². The minimum Gasteiger partial charge on any atom is -0.493 e. The van der Waals surface area contributed by atoms with Crippen molar-refractivity contribution >= 4 is 5.96 Å². The number of guanidine groups is 1. The minimum atomic E-state index is 0.604. The van der Waals surface area contributed by atoms with Gasteiger partial charge in [0.25, 0.3) is 0 Å². The number of benzene rings is 2. The Morgan fingerprint density at radius 3 is 2.42 bits per heavy atom. The lowest BCUT2D eigenvalue weighted by atomic mass is 10.1. The van der Waals surface area contributed by atoms with Crippen LogP contribution in [0.3, 0.4) is 0 Å². The molecule has 0 atom stereocenters. The Bertz CT molecular complexity index is 757. The quantitative estimate of drug-likeness (QED) is 0.589. The van der Waals surface area contributed by atoms with Gasteiger partial charge in [0.1, 0.15) is 0 Å². The SMILES string of the molecule is CCOc1cc(CNC(=NC)NCc2ccc(C)cc2C)ccc1OC. The highest BCUT2D eigenvalue weighted by atomic mass is 16.5. The molecule has 0 aliphatic rings. The highest BCUT2D eigenvalue weighted by Gasteiger charge is 2.06. The molecule has 0 spiro atoms. The Balaban J connectivity index is 1.95. The lowest BCUT2D eigenvalue weighted by Gasteiger charge is -2.15. The zero-order chi connectivity index (χ0) is 18.9. The summed E-state index contributed by atoms with van der Waals surface area (Å²) in [7, 11) is 3.42. The molecule has 0 aromatic heterocycles. The number of nitrogens with zero attached hydrogens (tertiary/aromatic N) is 1. The maximum Gasteiger partial charge on any atom is 0.191 e. The second kappa shape index (κ2) is 9.70. The van der Waals surface area contributed by atoms with E-state index in [1.807, 2.05) is 25.1 Å². The summed E-state index contributed by atoms with van der Waals surface area (Å²) < 4.78 is 11.0. The summed E-state index contributed by atoms with van der Waals surface area (Å²) in [6, 6.07) is 12.4. The molecular weight excluding hydrogens is 326 g/mol. The molecule has 2 N–H and O–H groups in total. The average molecular weight is 355 g/mol. The molecule has 0 fully saturated rings. The molecule has 140 valence electrons. The van der Waals surface area contributed by atoms with E-state index >= 15 is 0 Å². The van der Waals surface area contributed by atoms with Gasteiger partial charge in [-0.05, 0) is 49.6 Å². The fourth-order valence-corrected chi connectivity index (χ4v) is 2.73. The van der Waals surface area contributed by atoms with E-state index in [0.29, 0.717) is 13.2 Å². The van der Waals surface area contributed by atoms with Gasteiger partial charge in [-0.15, -0.1) is 0 Å². The van der Waals surface area contributed by atoms with Crippen LogP contribution in [-0.4, -0.2) is 26.7 Å². The number of nitrogens with one attached hydrogen (secondary N) is 2. The molecule has 2 aromatic carbocycles. The van der Waals surface area contributed by atoms with Gasteiger partial charge in [0.05, 0.1) is 13.7 Å². The second-order valence-electron chi connectivity index (χ2n) is 6.13. The standard InChI is InChI=1S/C21H29N3O2/c1-6-26-20-12-17(8-10-19(20)25-5)13-23-21(22-4)24-14-18-9-7-15(2)11-16(18)3/h7-12H,6,13-14H2,1-5H3,(H2,22,23,24). The molecule has 0 aliphatic heterocycles. The predicted octanol–water partition coefficient (Wildman–Crippen LogP) is 3.58. The van der Waals surface area contributed by atoms with Crippen LogP contribution in [0.5, 0.6) is 11.5 Å². The molecule has 5 nitrogen and oxygen atoms in total. The molecule has 0 amide bonds. The van der Waals surface area contributed by atoms with Gasteiger partial charge < -0.3 is 20.1 Å². The van der Waals surface area contributed by atoms with Crippen molar-refractivity contribution in [1.29, 1.82) is 0 Å². The van der Waals surface area contributed by atoms with Gasteiger partial charge in [-0.25, -0.2) is 0 Å². The number of aryl methyl sites for hydroxylation is 2. The smallest absolute Gasteiger partial charge is 0.191 e. The summed E-state index contributed by atoms with van der Waals surface area (Å²) in [5, 5.41) is 6.70. The molecule has 26 heavy (non-hydrogen) atoms. The van der Waals surface area contributed by atoms with Crippen LogP contribution < -0.4 is 20.1 Å². The summed E-state index contributed by atoms with van der Waals surface area (Å²) in [6.45, 7) is 8.19. The lowest BCUT2D eigenvalue weighted by Crippen LogP contribution is -2.36. The number of rotatable bonds is 7. The zero-order valence-electron chi connectivity index (χ0n) is 16.3. The first-order valence-electron chi connectivity index (χ1n) is 8.87. The molecule has 0 heterocycles. The normalized spacial score (nSPS) is 11.2. The lowest BCUT2D eigenvalue weighted by molar-refractivity contribution is 0.310. The van der Waals surface area contributed by atoms with E-state index in [0.717, 1.165) is 29.6 Å². The molecule has 0 radical (unpaired) electrons. The molecule has 0 saturated carbocycles. The van der Waals surface area contributed by atoms with Crippen LogP contribution in [0.25, 0.3) is 0 Å². The van der Waals surface area contributed by atoms with Crippen LogP contribution in [0.1, 0.15) is 29.2 Å². The number of aliphatic imine (C=N–C) groups is 1. The highest BCUT2D eigenvalue weighted by molar-refractivity contribution is 5.79. The minimum absolute atomic E-state index is 0.604. The third kappa shape index (κ3) is 5.41. The van der Waals surface area contributed by atoms with E-state index in [1.165, 1.54) is 16.7 Å². The van der Waals surface area contributed by atoms with Gasteiger partial charge in [-0.1, -0.05) is 29.8 Å². The molecule has 0 saturated heterocycles. The number of ether oxygens (including phenoxy) is 2. The predicted molar refractivity (Wildman–Crippen MR) is 107 cm³/mol. The van der Waals surface area contributed by atoms with Gasteiger partial charge in [0.2, 0.25) is 0 Å². The fourth-order valence-electron chi connectivity index (χ4n) is 2.73. The molecule has 5 heteroatoms. The van der Waals surface area contributed by atoms with Crippen molar-refractivity contribution in [2.75, 3.05) is 20.8 Å². The maximum atomic E-state index is 5.63. The van der Waals surface area contributed by atoms with Gasteiger partial charge in [0, 0.05) is 20.1 Å². The maximum absolute atomic E-state index is 5.63. The van der Waals surface area contributed by atoms with Gasteiger partial charge in [-0.3, -0.25) is 4.99 Å². The summed E-state index contributed by atoms with van der Waals surface area (Å²) >= 11 is 0. The van der Waals surface area contributed by atoms with E-state index < -0.39 is 0 Å². The average Bonchev–Trinajstić information content (AvgIpc) is 2.63. The Hall–Kier alpha value is -2.69. The Morgan fingerprint density at radius 2 is 1.77 bits per heavy atom. The van der Waals surface area contributed by atoms with Crippen molar-refractivity contribution in [3.63, 3.8) is 0 Å². The molecule has 0 bridgehead atoms. The van der Waals surface area contributed by atoms with Crippen LogP contribution in [-0.2, 0) is 13.1 Å². The van der Waals surface area contributed by atoms with Gasteiger partial charge in [0.15, 0.2) is 17.5 Å². The van der Waals surface area contributed by atoms with Crippen LogP contribution in [0, 0.1) is 13.8 Å². The molecule has 0 aliphatic carbocycles. The molecule has 2 rings (SSSR count). The van der Waals surface area contributed by atoms with E-state index in [1.54, 1.807) is 14.2 Å². The van der Waals surface area contributed by atoms with Crippen LogP contribution in [0.2, 0.25) is 0 Å². The van der Waals surface area contributed by atoms with E-state index in [-0.39, 0.29) is 0 Å². The van der Waals surface area contributed by atoms with Crippen molar-refractivity contribution in [2.45, 2.75) is 33.9 Å². The first-order chi connectivity index (χ1) is 12.6. The highest BCUT2D eigenvalue weighted by Crippen LogP contribution is 2.27. The molecular formula is C21H29N3O2. The number of methoxy groups -OCH3 is 1. The second-order valence-corrected chi connectivity index (χ2v) is 6.13. The summed E-state index contributed by atoms with van der Waals surface area (Å²) in [4.78, 5) is 4.30. The van der Waals surface area contributed by atoms with Crippen LogP contribution in [0.15, 0.2) is 41.4 Å². The summed E-state index contributed by atoms with van der Waals surface area (Å²) in [6.07, 6.45) is 0. The monoisotopic (exact) mass is 355 g/mol. The van der Waals surface area contributed by atoms with Crippen molar-refractivity contribution in [3.8, 4) is 11.5 Å². The largest absolute Gasteiger partial charge is 0.493 e. The number of hydrogen-bond donors (Lipinski definition) is 2. The van der Waals surface area contributed by atoms with Crippen molar-refractivity contribution in [2.24, 2.45) is 4.99 Å².